The summed E-state index contributed by atoms with van der Waals surface area (Å²) < 4.78 is 46.8. The van der Waals surface area contributed by atoms with E-state index in [1.165, 1.54) is 31.4 Å². The molecule has 0 aliphatic carbocycles. The number of amides is 1. The lowest BCUT2D eigenvalue weighted by Gasteiger charge is -2.14. The number of methoxy groups -OCH3 is 1. The van der Waals surface area contributed by atoms with E-state index in [0.29, 0.717) is 17.0 Å². The van der Waals surface area contributed by atoms with Gasteiger partial charge in [-0.2, -0.15) is 0 Å². The smallest absolute Gasteiger partial charge is 0.264 e. The fraction of sp³-hybridized carbons (Fsp3) is 0.0952. The number of ether oxygens (including phenoxy) is 1. The highest BCUT2D eigenvalue weighted by Gasteiger charge is 2.22. The van der Waals surface area contributed by atoms with Crippen molar-refractivity contribution in [3.8, 4) is 5.75 Å². The van der Waals surface area contributed by atoms with Crippen molar-refractivity contribution in [3.63, 3.8) is 0 Å². The zero-order valence-corrected chi connectivity index (χ0v) is 16.6. The summed E-state index contributed by atoms with van der Waals surface area (Å²) in [5.74, 6) is -0.752. The summed E-state index contributed by atoms with van der Waals surface area (Å²) in [7, 11) is -2.69. The standard InChI is InChI=1S/C21H19FN2O4S/c1-14-7-12-18(22)20(13-14)29(26,27)24-19-6-4-3-5-17(19)21(25)23-15-8-10-16(28-2)11-9-15/h3-13,24H,1-2H3,(H,23,25). The third kappa shape index (κ3) is 4.72. The van der Waals surface area contributed by atoms with Gasteiger partial charge in [0.05, 0.1) is 18.4 Å². The molecule has 3 aromatic carbocycles. The highest BCUT2D eigenvalue weighted by molar-refractivity contribution is 7.92. The van der Waals surface area contributed by atoms with Gasteiger partial charge in [0, 0.05) is 5.69 Å². The van der Waals surface area contributed by atoms with E-state index in [-0.39, 0.29) is 11.3 Å². The van der Waals surface area contributed by atoms with E-state index in [9.17, 15) is 17.6 Å². The fourth-order valence-electron chi connectivity index (χ4n) is 2.66. The minimum Gasteiger partial charge on any atom is -0.497 e. The van der Waals surface area contributed by atoms with Crippen LogP contribution in [0, 0.1) is 12.7 Å². The van der Waals surface area contributed by atoms with E-state index < -0.39 is 26.6 Å². The Labute approximate surface area is 168 Å². The lowest BCUT2D eigenvalue weighted by atomic mass is 10.1. The first-order chi connectivity index (χ1) is 13.8. The summed E-state index contributed by atoms with van der Waals surface area (Å²) in [6.07, 6.45) is 0. The zero-order valence-electron chi connectivity index (χ0n) is 15.8. The zero-order chi connectivity index (χ0) is 21.0. The molecule has 150 valence electrons. The number of carbonyl (C=O) groups excluding carboxylic acids is 1. The molecule has 0 radical (unpaired) electrons. The quantitative estimate of drug-likeness (QED) is 0.633. The van der Waals surface area contributed by atoms with Gasteiger partial charge in [0.2, 0.25) is 0 Å². The van der Waals surface area contributed by atoms with Crippen molar-refractivity contribution in [3.05, 3.63) is 83.7 Å². The van der Waals surface area contributed by atoms with Gasteiger partial charge < -0.3 is 10.1 Å². The first-order valence-corrected chi connectivity index (χ1v) is 10.1. The molecule has 3 aromatic rings. The number of sulfonamides is 1. The van der Waals surface area contributed by atoms with Gasteiger partial charge in [-0.3, -0.25) is 9.52 Å². The molecule has 8 heteroatoms. The molecular weight excluding hydrogens is 395 g/mol. The lowest BCUT2D eigenvalue weighted by Crippen LogP contribution is -2.19. The van der Waals surface area contributed by atoms with Crippen LogP contribution in [0.4, 0.5) is 15.8 Å². The van der Waals surface area contributed by atoms with Gasteiger partial charge in [0.1, 0.15) is 16.5 Å². The maximum Gasteiger partial charge on any atom is 0.264 e. The van der Waals surface area contributed by atoms with Crippen molar-refractivity contribution in [2.24, 2.45) is 0 Å². The number of aryl methyl sites for hydroxylation is 1. The average Bonchev–Trinajstić information content (AvgIpc) is 2.70. The molecule has 0 aliphatic rings. The molecule has 0 aromatic heterocycles. The lowest BCUT2D eigenvalue weighted by molar-refractivity contribution is 0.102. The molecule has 29 heavy (non-hydrogen) atoms. The molecule has 0 fully saturated rings. The van der Waals surface area contributed by atoms with Crippen molar-refractivity contribution in [1.29, 1.82) is 0 Å². The number of carbonyl (C=O) groups is 1. The summed E-state index contributed by atoms with van der Waals surface area (Å²) in [6.45, 7) is 1.66. The Morgan fingerprint density at radius 3 is 2.38 bits per heavy atom. The van der Waals surface area contributed by atoms with Crippen LogP contribution in [0.2, 0.25) is 0 Å². The Balaban J connectivity index is 1.88. The number of hydrogen-bond donors (Lipinski definition) is 2. The predicted molar refractivity (Wildman–Crippen MR) is 109 cm³/mol. The Bertz CT molecular complexity index is 1150. The first-order valence-electron chi connectivity index (χ1n) is 8.63. The molecule has 0 saturated heterocycles. The van der Waals surface area contributed by atoms with Crippen LogP contribution in [-0.2, 0) is 10.0 Å². The van der Waals surface area contributed by atoms with Gasteiger partial charge in [-0.05, 0) is 61.0 Å². The normalized spacial score (nSPS) is 11.0. The molecule has 2 N–H and O–H groups in total. The number of nitrogens with one attached hydrogen (secondary N) is 2. The minimum absolute atomic E-state index is 0.0411. The Hall–Kier alpha value is -3.39. The molecular formula is C21H19FN2O4S. The number of hydrogen-bond acceptors (Lipinski definition) is 4. The van der Waals surface area contributed by atoms with E-state index in [1.807, 2.05) is 0 Å². The van der Waals surface area contributed by atoms with Crippen LogP contribution in [0.1, 0.15) is 15.9 Å². The monoisotopic (exact) mass is 414 g/mol. The molecule has 0 bridgehead atoms. The number of para-hydroxylation sites is 1. The highest BCUT2D eigenvalue weighted by atomic mass is 32.2. The van der Waals surface area contributed by atoms with E-state index in [4.69, 9.17) is 4.74 Å². The summed E-state index contributed by atoms with van der Waals surface area (Å²) in [5, 5.41) is 2.69. The number of anilines is 2. The summed E-state index contributed by atoms with van der Waals surface area (Å²) >= 11 is 0. The number of benzene rings is 3. The van der Waals surface area contributed by atoms with E-state index in [0.717, 1.165) is 6.07 Å². The summed E-state index contributed by atoms with van der Waals surface area (Å²) in [4.78, 5) is 12.2. The largest absolute Gasteiger partial charge is 0.497 e. The first kappa shape index (κ1) is 20.3. The maximum absolute atomic E-state index is 14.1. The van der Waals surface area contributed by atoms with Crippen molar-refractivity contribution in [1.82, 2.24) is 0 Å². The van der Waals surface area contributed by atoms with Gasteiger partial charge in [-0.25, -0.2) is 12.8 Å². The molecule has 1 amide bonds. The molecule has 3 rings (SSSR count). The van der Waals surface area contributed by atoms with Crippen LogP contribution in [0.5, 0.6) is 5.75 Å². The molecule has 0 unspecified atom stereocenters. The summed E-state index contributed by atoms with van der Waals surface area (Å²) in [5.41, 5.74) is 1.25. The topological polar surface area (TPSA) is 84.5 Å². The van der Waals surface area contributed by atoms with Crippen molar-refractivity contribution < 1.29 is 22.3 Å². The van der Waals surface area contributed by atoms with Gasteiger partial charge >= 0.3 is 0 Å². The fourth-order valence-corrected chi connectivity index (χ4v) is 3.90. The Kier molecular flexibility index (Phi) is 5.84. The van der Waals surface area contributed by atoms with Gasteiger partial charge in [-0.1, -0.05) is 18.2 Å². The third-order valence-electron chi connectivity index (χ3n) is 4.14. The van der Waals surface area contributed by atoms with Crippen molar-refractivity contribution in [2.45, 2.75) is 11.8 Å². The second-order valence-corrected chi connectivity index (χ2v) is 7.92. The molecule has 0 atom stereocenters. The van der Waals surface area contributed by atoms with Crippen LogP contribution < -0.4 is 14.8 Å². The second kappa shape index (κ2) is 8.32. The van der Waals surface area contributed by atoms with Crippen LogP contribution in [0.25, 0.3) is 0 Å². The van der Waals surface area contributed by atoms with Gasteiger partial charge in [-0.15, -0.1) is 0 Å². The number of rotatable bonds is 6. The average molecular weight is 414 g/mol. The highest BCUT2D eigenvalue weighted by Crippen LogP contribution is 2.24. The minimum atomic E-state index is -4.23. The van der Waals surface area contributed by atoms with Gasteiger partial charge in [0.15, 0.2) is 0 Å². The van der Waals surface area contributed by atoms with Crippen LogP contribution >= 0.6 is 0 Å². The number of halogens is 1. The van der Waals surface area contributed by atoms with Crippen molar-refractivity contribution in [2.75, 3.05) is 17.1 Å². The predicted octanol–water partition coefficient (Wildman–Crippen LogP) is 4.20. The molecule has 0 saturated carbocycles. The van der Waals surface area contributed by atoms with Crippen LogP contribution in [-0.4, -0.2) is 21.4 Å². The van der Waals surface area contributed by atoms with E-state index >= 15 is 0 Å². The Morgan fingerprint density at radius 2 is 1.69 bits per heavy atom. The molecule has 0 spiro atoms. The molecule has 6 nitrogen and oxygen atoms in total. The van der Waals surface area contributed by atoms with E-state index in [1.54, 1.807) is 43.3 Å². The van der Waals surface area contributed by atoms with Gasteiger partial charge in [0.25, 0.3) is 15.9 Å². The maximum atomic E-state index is 14.1. The van der Waals surface area contributed by atoms with E-state index in [2.05, 4.69) is 10.0 Å². The van der Waals surface area contributed by atoms with Crippen LogP contribution in [0.15, 0.2) is 71.6 Å². The third-order valence-corrected chi connectivity index (χ3v) is 5.52. The summed E-state index contributed by atoms with van der Waals surface area (Å²) in [6, 6.07) is 16.6. The van der Waals surface area contributed by atoms with Crippen molar-refractivity contribution >= 4 is 27.3 Å². The molecule has 0 aliphatic heterocycles. The SMILES string of the molecule is COc1ccc(NC(=O)c2ccccc2NS(=O)(=O)c2cc(C)ccc2F)cc1. The Morgan fingerprint density at radius 1 is 1.00 bits per heavy atom. The second-order valence-electron chi connectivity index (χ2n) is 6.27. The van der Waals surface area contributed by atoms with Crippen LogP contribution in [0.3, 0.4) is 0 Å². The molecule has 0 heterocycles.